The average molecular weight is 492 g/mol. The second kappa shape index (κ2) is 10.2. The Kier molecular flexibility index (Phi) is 8.06. The van der Waals surface area contributed by atoms with E-state index in [0.29, 0.717) is 0 Å². The highest BCUT2D eigenvalue weighted by molar-refractivity contribution is 5.93. The number of anilines is 2. The first-order valence-electron chi connectivity index (χ1n) is 9.99. The molecule has 0 aliphatic rings. The normalized spacial score (nSPS) is 11.3. The van der Waals surface area contributed by atoms with Crippen molar-refractivity contribution in [1.82, 2.24) is 0 Å². The van der Waals surface area contributed by atoms with Gasteiger partial charge in [0.1, 0.15) is 35.7 Å². The first kappa shape index (κ1) is 26.8. The fraction of sp³-hybridized carbons (Fsp3) is 0.364. The lowest BCUT2D eigenvalue weighted by molar-refractivity contribution is 0.0256. The third kappa shape index (κ3) is 4.75. The molecule has 0 radical (unpaired) electrons. The molecule has 0 bridgehead atoms. The number of carbonyl (C=O) groups excluding carboxylic acids is 2. The number of esters is 2. The molecule has 0 aromatic heterocycles. The van der Waals surface area contributed by atoms with E-state index in [-0.39, 0.29) is 0 Å². The monoisotopic (exact) mass is 492 g/mol. The summed E-state index contributed by atoms with van der Waals surface area (Å²) in [6.07, 6.45) is 0. The van der Waals surface area contributed by atoms with E-state index < -0.39 is 106 Å². The van der Waals surface area contributed by atoms with Gasteiger partial charge < -0.3 is 20.9 Å². The SMILES string of the molecule is CC(C)c1c(F)c(N)c(F)c(F)c1C(=O)OCCOC(=O)c1c(F)c(F)c(N)c(F)c1C(C)C. The molecule has 0 unspecified atom stereocenters. The van der Waals surface area contributed by atoms with Crippen LogP contribution in [-0.2, 0) is 9.47 Å². The van der Waals surface area contributed by atoms with Gasteiger partial charge in [-0.25, -0.2) is 35.9 Å². The smallest absolute Gasteiger partial charge is 0.341 e. The maximum Gasteiger partial charge on any atom is 0.341 e. The van der Waals surface area contributed by atoms with Gasteiger partial charge in [0.05, 0.1) is 0 Å². The molecule has 0 aliphatic carbocycles. The van der Waals surface area contributed by atoms with Gasteiger partial charge in [-0.1, -0.05) is 27.7 Å². The Labute approximate surface area is 190 Å². The Morgan fingerprint density at radius 1 is 0.618 bits per heavy atom. The number of halogens is 6. The Balaban J connectivity index is 2.21. The van der Waals surface area contributed by atoms with Crippen LogP contribution in [0.15, 0.2) is 0 Å². The minimum absolute atomic E-state index is 0.519. The summed E-state index contributed by atoms with van der Waals surface area (Å²) in [6, 6.07) is 0. The van der Waals surface area contributed by atoms with Crippen molar-refractivity contribution in [3.63, 3.8) is 0 Å². The lowest BCUT2D eigenvalue weighted by atomic mass is 9.94. The first-order valence-corrected chi connectivity index (χ1v) is 9.99. The van der Waals surface area contributed by atoms with Crippen molar-refractivity contribution < 1.29 is 45.4 Å². The predicted molar refractivity (Wildman–Crippen MR) is 110 cm³/mol. The highest BCUT2D eigenvalue weighted by Gasteiger charge is 2.31. The van der Waals surface area contributed by atoms with Crippen molar-refractivity contribution in [3.8, 4) is 0 Å². The second-order valence-electron chi connectivity index (χ2n) is 7.87. The fourth-order valence-electron chi connectivity index (χ4n) is 3.29. The zero-order valence-electron chi connectivity index (χ0n) is 18.6. The third-order valence-corrected chi connectivity index (χ3v) is 4.89. The van der Waals surface area contributed by atoms with E-state index in [1.54, 1.807) is 0 Å². The number of benzene rings is 2. The van der Waals surface area contributed by atoms with Crippen LogP contribution in [0.2, 0.25) is 0 Å². The van der Waals surface area contributed by atoms with Gasteiger partial charge in [-0.2, -0.15) is 0 Å². The van der Waals surface area contributed by atoms with E-state index in [9.17, 15) is 35.9 Å². The van der Waals surface area contributed by atoms with Gasteiger partial charge in [0.25, 0.3) is 0 Å². The molecular formula is C22H22F6N2O4. The van der Waals surface area contributed by atoms with Crippen LogP contribution in [0.5, 0.6) is 0 Å². The maximum atomic E-state index is 14.3. The molecule has 0 atom stereocenters. The number of carbonyl (C=O) groups is 2. The van der Waals surface area contributed by atoms with E-state index in [4.69, 9.17) is 20.9 Å². The molecule has 34 heavy (non-hydrogen) atoms. The van der Waals surface area contributed by atoms with E-state index in [0.717, 1.165) is 0 Å². The number of hydrogen-bond acceptors (Lipinski definition) is 6. The average Bonchev–Trinajstić information content (AvgIpc) is 2.77. The minimum Gasteiger partial charge on any atom is -0.458 e. The van der Waals surface area contributed by atoms with E-state index in [1.807, 2.05) is 0 Å². The van der Waals surface area contributed by atoms with Gasteiger partial charge in [0, 0.05) is 11.1 Å². The summed E-state index contributed by atoms with van der Waals surface area (Å²) in [7, 11) is 0. The lowest BCUT2D eigenvalue weighted by Gasteiger charge is -2.17. The van der Waals surface area contributed by atoms with Crippen LogP contribution < -0.4 is 11.5 Å². The first-order chi connectivity index (χ1) is 15.7. The molecule has 0 aliphatic heterocycles. The number of hydrogen-bond donors (Lipinski definition) is 2. The third-order valence-electron chi connectivity index (χ3n) is 4.89. The molecule has 2 rings (SSSR count). The molecule has 0 saturated carbocycles. The van der Waals surface area contributed by atoms with Gasteiger partial charge in [-0.05, 0) is 11.8 Å². The zero-order valence-corrected chi connectivity index (χ0v) is 18.6. The van der Waals surface area contributed by atoms with Gasteiger partial charge in [-0.15, -0.1) is 0 Å². The Morgan fingerprint density at radius 3 is 1.18 bits per heavy atom. The van der Waals surface area contributed by atoms with E-state index in [1.165, 1.54) is 27.7 Å². The van der Waals surface area contributed by atoms with Crippen LogP contribution in [0, 0.1) is 34.9 Å². The summed E-state index contributed by atoms with van der Waals surface area (Å²) in [6.45, 7) is 4.10. The van der Waals surface area contributed by atoms with Crippen molar-refractivity contribution in [1.29, 1.82) is 0 Å². The molecule has 4 N–H and O–H groups in total. The summed E-state index contributed by atoms with van der Waals surface area (Å²) >= 11 is 0. The van der Waals surface area contributed by atoms with Gasteiger partial charge >= 0.3 is 11.9 Å². The molecule has 2 aromatic rings. The van der Waals surface area contributed by atoms with Crippen molar-refractivity contribution >= 4 is 23.3 Å². The predicted octanol–water partition coefficient (Wildman–Crippen LogP) is 4.95. The second-order valence-corrected chi connectivity index (χ2v) is 7.87. The molecule has 0 heterocycles. The van der Waals surface area contributed by atoms with Crippen molar-refractivity contribution in [3.05, 3.63) is 57.2 Å². The standard InChI is InChI=1S/C22H22F6N2O4/c1-7(2)9-11(13(23)17(27)19(29)15(9)25)21(31)33-5-6-34-22(32)12-10(8(3)4)16(26)20(30)18(28)14(12)24/h7-8H,5-6,29-30H2,1-4H3. The Bertz CT molecular complexity index is 1060. The molecule has 0 amide bonds. The molecule has 6 nitrogen and oxygen atoms in total. The van der Waals surface area contributed by atoms with Crippen LogP contribution in [0.25, 0.3) is 0 Å². The van der Waals surface area contributed by atoms with Gasteiger partial charge in [0.15, 0.2) is 34.9 Å². The topological polar surface area (TPSA) is 105 Å². The van der Waals surface area contributed by atoms with Gasteiger partial charge in [0.2, 0.25) is 0 Å². The summed E-state index contributed by atoms with van der Waals surface area (Å²) in [5.41, 5.74) is 5.08. The minimum atomic E-state index is -1.77. The van der Waals surface area contributed by atoms with Crippen LogP contribution in [-0.4, -0.2) is 25.2 Å². The summed E-state index contributed by atoms with van der Waals surface area (Å²) < 4.78 is 94.4. The summed E-state index contributed by atoms with van der Waals surface area (Å²) in [5.74, 6) is -14.2. The number of nitrogen functional groups attached to an aromatic ring is 2. The van der Waals surface area contributed by atoms with Crippen LogP contribution in [0.3, 0.4) is 0 Å². The molecule has 0 saturated heterocycles. The van der Waals surface area contributed by atoms with Crippen molar-refractivity contribution in [2.45, 2.75) is 39.5 Å². The molecule has 12 heteroatoms. The number of nitrogens with two attached hydrogens (primary N) is 2. The molecular weight excluding hydrogens is 470 g/mol. The fourth-order valence-corrected chi connectivity index (χ4v) is 3.29. The number of ether oxygens (including phenoxy) is 2. The van der Waals surface area contributed by atoms with Crippen molar-refractivity contribution in [2.75, 3.05) is 24.7 Å². The van der Waals surface area contributed by atoms with Crippen LogP contribution >= 0.6 is 0 Å². The summed E-state index contributed by atoms with van der Waals surface area (Å²) in [4.78, 5) is 24.6. The summed E-state index contributed by atoms with van der Waals surface area (Å²) in [5, 5.41) is 0. The van der Waals surface area contributed by atoms with Crippen molar-refractivity contribution in [2.24, 2.45) is 0 Å². The van der Waals surface area contributed by atoms with E-state index >= 15 is 0 Å². The Morgan fingerprint density at radius 2 is 0.912 bits per heavy atom. The lowest BCUT2D eigenvalue weighted by Crippen LogP contribution is -2.21. The maximum absolute atomic E-state index is 14.3. The molecule has 2 aromatic carbocycles. The zero-order chi connectivity index (χ0) is 26.1. The molecule has 0 fully saturated rings. The van der Waals surface area contributed by atoms with E-state index in [2.05, 4.69) is 0 Å². The van der Waals surface area contributed by atoms with Crippen LogP contribution in [0.1, 0.15) is 71.4 Å². The largest absolute Gasteiger partial charge is 0.458 e. The highest BCUT2D eigenvalue weighted by atomic mass is 19.2. The number of rotatable bonds is 7. The van der Waals surface area contributed by atoms with Crippen LogP contribution in [0.4, 0.5) is 37.7 Å². The quantitative estimate of drug-likeness (QED) is 0.186. The van der Waals surface area contributed by atoms with Gasteiger partial charge in [-0.3, -0.25) is 0 Å². The highest BCUT2D eigenvalue weighted by Crippen LogP contribution is 2.33. The molecule has 186 valence electrons. The molecule has 0 spiro atoms. The Hall–Kier alpha value is -3.44.